The maximum Gasteiger partial charge on any atom is 0.215 e. The zero-order valence-corrected chi connectivity index (χ0v) is 13.0. The number of rotatable bonds is 7. The lowest BCUT2D eigenvalue weighted by atomic mass is 9.84. The first-order chi connectivity index (χ1) is 8.97. The standard InChI is InChI=1S/C14H28N2O2S/c1-3-7-16(4-2)19(17,18)10-14(15)13-9-11-5-6-12(13)8-11/h11-14H,3-10,15H2,1-2H3. The van der Waals surface area contributed by atoms with Gasteiger partial charge in [-0.2, -0.15) is 0 Å². The summed E-state index contributed by atoms with van der Waals surface area (Å²) >= 11 is 0. The highest BCUT2D eigenvalue weighted by molar-refractivity contribution is 7.89. The van der Waals surface area contributed by atoms with Gasteiger partial charge in [-0.25, -0.2) is 12.7 Å². The van der Waals surface area contributed by atoms with Crippen molar-refractivity contribution in [2.45, 2.75) is 52.0 Å². The third kappa shape index (κ3) is 3.31. The number of nitrogens with zero attached hydrogens (tertiary/aromatic N) is 1. The van der Waals surface area contributed by atoms with Crippen molar-refractivity contribution < 1.29 is 8.42 Å². The van der Waals surface area contributed by atoms with Crippen LogP contribution in [0.25, 0.3) is 0 Å². The lowest BCUT2D eigenvalue weighted by Gasteiger charge is -2.29. The third-order valence-electron chi connectivity index (χ3n) is 4.96. The van der Waals surface area contributed by atoms with E-state index in [0.29, 0.717) is 24.9 Å². The molecule has 0 saturated heterocycles. The summed E-state index contributed by atoms with van der Waals surface area (Å²) in [4.78, 5) is 0. The average molecular weight is 288 g/mol. The molecule has 2 saturated carbocycles. The molecule has 2 fully saturated rings. The van der Waals surface area contributed by atoms with Gasteiger partial charge < -0.3 is 5.73 Å². The van der Waals surface area contributed by atoms with Crippen molar-refractivity contribution >= 4 is 10.0 Å². The van der Waals surface area contributed by atoms with Gasteiger partial charge in [0.2, 0.25) is 10.0 Å². The Labute approximate surface area is 117 Å². The molecule has 2 aliphatic carbocycles. The van der Waals surface area contributed by atoms with Crippen molar-refractivity contribution in [3.63, 3.8) is 0 Å². The van der Waals surface area contributed by atoms with Crippen LogP contribution in [0.5, 0.6) is 0 Å². The van der Waals surface area contributed by atoms with E-state index < -0.39 is 10.0 Å². The molecule has 19 heavy (non-hydrogen) atoms. The molecule has 0 aromatic carbocycles. The van der Waals surface area contributed by atoms with Crippen molar-refractivity contribution in [2.75, 3.05) is 18.8 Å². The monoisotopic (exact) mass is 288 g/mol. The molecule has 0 aromatic heterocycles. The summed E-state index contributed by atoms with van der Waals surface area (Å²) in [5, 5.41) is 0. The van der Waals surface area contributed by atoms with Crippen LogP contribution in [0.4, 0.5) is 0 Å². The van der Waals surface area contributed by atoms with Crippen LogP contribution in [-0.2, 0) is 10.0 Å². The Morgan fingerprint density at radius 2 is 2.00 bits per heavy atom. The van der Waals surface area contributed by atoms with E-state index in [4.69, 9.17) is 5.73 Å². The van der Waals surface area contributed by atoms with Crippen molar-refractivity contribution in [2.24, 2.45) is 23.5 Å². The maximum atomic E-state index is 12.4. The summed E-state index contributed by atoms with van der Waals surface area (Å²) in [5.74, 6) is 2.08. The fraction of sp³-hybridized carbons (Fsp3) is 1.00. The summed E-state index contributed by atoms with van der Waals surface area (Å²) in [6.07, 6.45) is 5.88. The SMILES string of the molecule is CCCN(CC)S(=O)(=O)CC(N)C1CC2CCC1C2. The van der Waals surface area contributed by atoms with Gasteiger partial charge in [0.15, 0.2) is 0 Å². The zero-order chi connectivity index (χ0) is 14.0. The van der Waals surface area contributed by atoms with Crippen molar-refractivity contribution in [3.05, 3.63) is 0 Å². The Kier molecular flexibility index (Phi) is 4.90. The number of sulfonamides is 1. The van der Waals surface area contributed by atoms with Gasteiger partial charge >= 0.3 is 0 Å². The molecule has 0 spiro atoms. The highest BCUT2D eigenvalue weighted by atomic mass is 32.2. The van der Waals surface area contributed by atoms with E-state index >= 15 is 0 Å². The van der Waals surface area contributed by atoms with Crippen molar-refractivity contribution in [1.29, 1.82) is 0 Å². The van der Waals surface area contributed by atoms with E-state index in [-0.39, 0.29) is 11.8 Å². The number of fused-ring (bicyclic) bond motifs is 2. The minimum absolute atomic E-state index is 0.134. The molecule has 112 valence electrons. The minimum Gasteiger partial charge on any atom is -0.326 e. The van der Waals surface area contributed by atoms with Crippen LogP contribution in [0.2, 0.25) is 0 Å². The third-order valence-corrected chi connectivity index (χ3v) is 7.00. The molecule has 4 nitrogen and oxygen atoms in total. The van der Waals surface area contributed by atoms with E-state index in [9.17, 15) is 8.42 Å². The lowest BCUT2D eigenvalue weighted by Crippen LogP contribution is -2.44. The topological polar surface area (TPSA) is 63.4 Å². The fourth-order valence-electron chi connectivity index (χ4n) is 4.03. The second-order valence-corrected chi connectivity index (χ2v) is 8.29. The van der Waals surface area contributed by atoms with Gasteiger partial charge in [-0.15, -0.1) is 0 Å². The Morgan fingerprint density at radius 3 is 2.47 bits per heavy atom. The first-order valence-electron chi connectivity index (χ1n) is 7.71. The number of hydrogen-bond donors (Lipinski definition) is 1. The minimum atomic E-state index is -3.18. The Morgan fingerprint density at radius 1 is 1.26 bits per heavy atom. The van der Waals surface area contributed by atoms with E-state index in [1.54, 1.807) is 4.31 Å². The second-order valence-electron chi connectivity index (χ2n) is 6.27. The van der Waals surface area contributed by atoms with Crippen LogP contribution in [0.3, 0.4) is 0 Å². The highest BCUT2D eigenvalue weighted by Crippen LogP contribution is 2.49. The summed E-state index contributed by atoms with van der Waals surface area (Å²) in [6, 6.07) is -0.175. The van der Waals surface area contributed by atoms with Crippen LogP contribution in [0, 0.1) is 17.8 Å². The molecular weight excluding hydrogens is 260 g/mol. The van der Waals surface area contributed by atoms with E-state index in [0.717, 1.165) is 18.8 Å². The fourth-order valence-corrected chi connectivity index (χ4v) is 5.83. The van der Waals surface area contributed by atoms with Gasteiger partial charge in [-0.05, 0) is 43.4 Å². The molecule has 5 heteroatoms. The van der Waals surface area contributed by atoms with Crippen molar-refractivity contribution in [1.82, 2.24) is 4.31 Å². The first-order valence-corrected chi connectivity index (χ1v) is 9.32. The summed E-state index contributed by atoms with van der Waals surface area (Å²) < 4.78 is 26.3. The molecule has 0 heterocycles. The molecule has 0 aromatic rings. The molecule has 0 radical (unpaired) electrons. The van der Waals surface area contributed by atoms with E-state index in [1.165, 1.54) is 19.3 Å². The molecule has 2 N–H and O–H groups in total. The highest BCUT2D eigenvalue weighted by Gasteiger charge is 2.43. The van der Waals surface area contributed by atoms with Gasteiger partial charge in [0.1, 0.15) is 0 Å². The molecule has 0 aliphatic heterocycles. The number of hydrogen-bond acceptors (Lipinski definition) is 3. The second kappa shape index (κ2) is 6.10. The van der Waals surface area contributed by atoms with Crippen LogP contribution in [-0.4, -0.2) is 37.6 Å². The average Bonchev–Trinajstić information content (AvgIpc) is 2.97. The van der Waals surface area contributed by atoms with Crippen molar-refractivity contribution in [3.8, 4) is 0 Å². The molecule has 0 amide bonds. The van der Waals surface area contributed by atoms with Crippen LogP contribution < -0.4 is 5.73 Å². The zero-order valence-electron chi connectivity index (χ0n) is 12.2. The van der Waals surface area contributed by atoms with Gasteiger partial charge in [-0.3, -0.25) is 0 Å². The number of nitrogens with two attached hydrogens (primary N) is 1. The molecule has 4 atom stereocenters. The largest absolute Gasteiger partial charge is 0.326 e. The van der Waals surface area contributed by atoms with Crippen LogP contribution in [0.15, 0.2) is 0 Å². The summed E-state index contributed by atoms with van der Waals surface area (Å²) in [6.45, 7) is 5.08. The molecule has 2 aliphatic rings. The predicted molar refractivity (Wildman–Crippen MR) is 78.2 cm³/mol. The quantitative estimate of drug-likeness (QED) is 0.777. The predicted octanol–water partition coefficient (Wildman–Crippen LogP) is 1.81. The first kappa shape index (κ1) is 15.3. The molecule has 2 bridgehead atoms. The molecule has 2 rings (SSSR count). The lowest BCUT2D eigenvalue weighted by molar-refractivity contribution is 0.291. The molecular formula is C14H28N2O2S. The van der Waals surface area contributed by atoms with Crippen LogP contribution in [0.1, 0.15) is 46.0 Å². The van der Waals surface area contributed by atoms with Gasteiger partial charge in [-0.1, -0.05) is 20.3 Å². The maximum absolute atomic E-state index is 12.4. The molecule has 4 unspecified atom stereocenters. The Balaban J connectivity index is 1.95. The summed E-state index contributed by atoms with van der Waals surface area (Å²) in [5.41, 5.74) is 6.23. The summed E-state index contributed by atoms with van der Waals surface area (Å²) in [7, 11) is -3.18. The smallest absolute Gasteiger partial charge is 0.215 e. The van der Waals surface area contributed by atoms with Gasteiger partial charge in [0, 0.05) is 19.1 Å². The van der Waals surface area contributed by atoms with Gasteiger partial charge in [0.25, 0.3) is 0 Å². The Hall–Kier alpha value is -0.130. The van der Waals surface area contributed by atoms with Crippen LogP contribution >= 0.6 is 0 Å². The normalized spacial score (nSPS) is 32.1. The Bertz CT molecular complexity index is 396. The van der Waals surface area contributed by atoms with E-state index in [1.807, 2.05) is 13.8 Å². The van der Waals surface area contributed by atoms with E-state index in [2.05, 4.69) is 0 Å². The van der Waals surface area contributed by atoms with Gasteiger partial charge in [0.05, 0.1) is 5.75 Å².